The number of aliphatic hydroxyl groups is 3. The first-order chi connectivity index (χ1) is 17.5. The Balaban J connectivity index is 3.87. The van der Waals surface area contributed by atoms with Crippen LogP contribution in [0.5, 0.6) is 0 Å². The fourth-order valence-corrected chi connectivity index (χ4v) is 4.33. The van der Waals surface area contributed by atoms with Gasteiger partial charge < -0.3 is 20.6 Å². The Morgan fingerprint density at radius 2 is 1.17 bits per heavy atom. The Morgan fingerprint density at radius 1 is 0.694 bits per heavy atom. The van der Waals surface area contributed by atoms with E-state index in [9.17, 15) is 20.1 Å². The molecule has 0 aliphatic rings. The highest BCUT2D eigenvalue weighted by Gasteiger charge is 2.20. The average molecular weight is 510 g/mol. The van der Waals surface area contributed by atoms with E-state index in [0.29, 0.717) is 6.42 Å². The first-order valence-corrected chi connectivity index (χ1v) is 15.1. The van der Waals surface area contributed by atoms with E-state index in [1.807, 2.05) is 6.08 Å². The summed E-state index contributed by atoms with van der Waals surface area (Å²) in [5, 5.41) is 32.7. The van der Waals surface area contributed by atoms with Crippen molar-refractivity contribution in [3.8, 4) is 0 Å². The molecule has 3 atom stereocenters. The van der Waals surface area contributed by atoms with Crippen molar-refractivity contribution in [2.75, 3.05) is 6.61 Å². The monoisotopic (exact) mass is 509 g/mol. The van der Waals surface area contributed by atoms with Gasteiger partial charge in [0.05, 0.1) is 31.3 Å². The molecule has 36 heavy (non-hydrogen) atoms. The molecule has 0 saturated heterocycles. The minimum absolute atomic E-state index is 0.00269. The summed E-state index contributed by atoms with van der Waals surface area (Å²) < 4.78 is 0. The smallest absolute Gasteiger partial charge is 0.222 e. The number of hydrogen-bond acceptors (Lipinski definition) is 4. The number of hydrogen-bond donors (Lipinski definition) is 4. The van der Waals surface area contributed by atoms with Gasteiger partial charge >= 0.3 is 0 Å². The Kier molecular flexibility index (Phi) is 26.0. The Bertz CT molecular complexity index is 535. The first kappa shape index (κ1) is 34.8. The van der Waals surface area contributed by atoms with Gasteiger partial charge in [-0.2, -0.15) is 0 Å². The molecule has 4 N–H and O–H groups in total. The van der Waals surface area contributed by atoms with E-state index in [4.69, 9.17) is 0 Å². The summed E-state index contributed by atoms with van der Waals surface area (Å²) in [5.74, 6) is -0.331. The largest absolute Gasteiger partial charge is 0.394 e. The van der Waals surface area contributed by atoms with Crippen LogP contribution in [0.15, 0.2) is 24.3 Å². The second-order valence-corrected chi connectivity index (χ2v) is 10.4. The van der Waals surface area contributed by atoms with E-state index >= 15 is 0 Å². The third kappa shape index (κ3) is 23.2. The van der Waals surface area contributed by atoms with Crippen LogP contribution in [0.25, 0.3) is 0 Å². The minimum atomic E-state index is -0.926. The van der Waals surface area contributed by atoms with Crippen LogP contribution in [-0.2, 0) is 4.79 Å². The normalized spacial score (nSPS) is 14.5. The predicted octanol–water partition coefficient (Wildman–Crippen LogP) is 7.14. The van der Waals surface area contributed by atoms with Gasteiger partial charge in [-0.1, -0.05) is 115 Å². The van der Waals surface area contributed by atoms with Crippen LogP contribution >= 0.6 is 0 Å². The molecule has 0 saturated carbocycles. The van der Waals surface area contributed by atoms with Gasteiger partial charge in [-0.15, -0.1) is 0 Å². The number of carbonyl (C=O) groups excluding carboxylic acids is 1. The Hall–Kier alpha value is -1.17. The lowest BCUT2D eigenvalue weighted by molar-refractivity contribution is -0.124. The first-order valence-electron chi connectivity index (χ1n) is 15.1. The quantitative estimate of drug-likeness (QED) is 0.0737. The van der Waals surface area contributed by atoms with Crippen molar-refractivity contribution in [1.82, 2.24) is 5.32 Å². The van der Waals surface area contributed by atoms with Crippen molar-refractivity contribution in [3.05, 3.63) is 24.3 Å². The highest BCUT2D eigenvalue weighted by Crippen LogP contribution is 2.12. The van der Waals surface area contributed by atoms with Gasteiger partial charge in [-0.25, -0.2) is 0 Å². The van der Waals surface area contributed by atoms with Crippen LogP contribution in [0.3, 0.4) is 0 Å². The van der Waals surface area contributed by atoms with Crippen molar-refractivity contribution >= 4 is 5.91 Å². The van der Waals surface area contributed by atoms with E-state index in [2.05, 4.69) is 31.3 Å². The Morgan fingerprint density at radius 3 is 1.75 bits per heavy atom. The number of unbranched alkanes of at least 4 members (excludes halogenated alkanes) is 15. The second kappa shape index (κ2) is 26.9. The van der Waals surface area contributed by atoms with Gasteiger partial charge in [0, 0.05) is 0 Å². The maximum atomic E-state index is 12.2. The van der Waals surface area contributed by atoms with Crippen LogP contribution in [0.4, 0.5) is 0 Å². The summed E-state index contributed by atoms with van der Waals surface area (Å²) >= 11 is 0. The van der Waals surface area contributed by atoms with E-state index in [1.165, 1.54) is 77.0 Å². The highest BCUT2D eigenvalue weighted by molar-refractivity contribution is 5.76. The molecule has 0 radical (unpaired) electrons. The zero-order valence-corrected chi connectivity index (χ0v) is 23.6. The molecular formula is C31H59NO4. The second-order valence-electron chi connectivity index (χ2n) is 10.4. The molecule has 1 amide bonds. The van der Waals surface area contributed by atoms with Gasteiger partial charge in [-0.3, -0.25) is 4.79 Å². The highest BCUT2D eigenvalue weighted by atomic mass is 16.3. The number of aliphatic hydroxyl groups excluding tert-OH is 3. The zero-order valence-electron chi connectivity index (χ0n) is 23.6. The number of carbonyl (C=O) groups is 1. The molecule has 0 aromatic carbocycles. The SMILES string of the molecule is CCCCC/C=C\CCCCCC(O)CC(=O)NC(CO)C(O)/C=C/CCCCCCCCCCC. The molecule has 3 unspecified atom stereocenters. The van der Waals surface area contributed by atoms with Gasteiger partial charge in [0.2, 0.25) is 5.91 Å². The Labute approximate surface area is 222 Å². The molecule has 212 valence electrons. The average Bonchev–Trinajstić information content (AvgIpc) is 2.86. The molecule has 5 nitrogen and oxygen atoms in total. The van der Waals surface area contributed by atoms with Crippen molar-refractivity contribution in [3.63, 3.8) is 0 Å². The van der Waals surface area contributed by atoms with E-state index in [0.717, 1.165) is 38.5 Å². The molecule has 5 heteroatoms. The zero-order chi connectivity index (χ0) is 26.7. The topological polar surface area (TPSA) is 89.8 Å². The molecule has 0 bridgehead atoms. The number of nitrogens with one attached hydrogen (secondary N) is 1. The number of amides is 1. The summed E-state index contributed by atoms with van der Waals surface area (Å²) in [4.78, 5) is 12.2. The van der Waals surface area contributed by atoms with E-state index in [1.54, 1.807) is 6.08 Å². The molecule has 0 spiro atoms. The fourth-order valence-electron chi connectivity index (χ4n) is 4.33. The third-order valence-electron chi connectivity index (χ3n) is 6.73. The van der Waals surface area contributed by atoms with E-state index in [-0.39, 0.29) is 18.9 Å². The number of rotatable bonds is 26. The van der Waals surface area contributed by atoms with Crippen LogP contribution in [0.1, 0.15) is 142 Å². The molecule has 0 aromatic rings. The van der Waals surface area contributed by atoms with E-state index < -0.39 is 18.2 Å². The predicted molar refractivity (Wildman–Crippen MR) is 153 cm³/mol. The van der Waals surface area contributed by atoms with Gasteiger partial charge in [0.1, 0.15) is 0 Å². The van der Waals surface area contributed by atoms with Gasteiger partial charge in [0.25, 0.3) is 0 Å². The molecule has 0 heterocycles. The lowest BCUT2D eigenvalue weighted by Gasteiger charge is -2.21. The molecule has 0 aliphatic heterocycles. The summed E-state index contributed by atoms with van der Waals surface area (Å²) in [6.45, 7) is 4.12. The fraction of sp³-hybridized carbons (Fsp3) is 0.839. The van der Waals surface area contributed by atoms with Crippen LogP contribution < -0.4 is 5.32 Å². The van der Waals surface area contributed by atoms with Crippen LogP contribution in [-0.4, -0.2) is 46.1 Å². The van der Waals surface area contributed by atoms with Crippen molar-refractivity contribution in [2.45, 2.75) is 161 Å². The standard InChI is InChI=1S/C31H59NO4/c1-3-5-7-9-11-13-15-17-19-21-23-25-30(35)29(27-33)32-31(36)26-28(34)24-22-20-18-16-14-12-10-8-6-4-2/h12,14,23,25,28-30,33-35H,3-11,13,15-22,24,26-27H2,1-2H3,(H,32,36)/b14-12-,25-23+. The van der Waals surface area contributed by atoms with Crippen LogP contribution in [0.2, 0.25) is 0 Å². The van der Waals surface area contributed by atoms with Crippen molar-refractivity contribution in [1.29, 1.82) is 0 Å². The summed E-state index contributed by atoms with van der Waals surface area (Å²) in [6, 6.07) is -0.742. The lowest BCUT2D eigenvalue weighted by Crippen LogP contribution is -2.45. The van der Waals surface area contributed by atoms with Gasteiger partial charge in [-0.05, 0) is 44.9 Å². The maximum absolute atomic E-state index is 12.2. The summed E-state index contributed by atoms with van der Waals surface area (Å²) in [5.41, 5.74) is 0. The summed E-state index contributed by atoms with van der Waals surface area (Å²) in [7, 11) is 0. The number of allylic oxidation sites excluding steroid dienone is 3. The lowest BCUT2D eigenvalue weighted by atomic mass is 10.0. The molecular weight excluding hydrogens is 450 g/mol. The van der Waals surface area contributed by atoms with Gasteiger partial charge in [0.15, 0.2) is 0 Å². The molecule has 0 rings (SSSR count). The molecule has 0 fully saturated rings. The van der Waals surface area contributed by atoms with Crippen molar-refractivity contribution in [2.24, 2.45) is 0 Å². The summed E-state index contributed by atoms with van der Waals surface area (Å²) in [6.07, 6.45) is 28.6. The minimum Gasteiger partial charge on any atom is -0.394 e. The van der Waals surface area contributed by atoms with Crippen molar-refractivity contribution < 1.29 is 20.1 Å². The molecule has 0 aromatic heterocycles. The third-order valence-corrected chi connectivity index (χ3v) is 6.73. The maximum Gasteiger partial charge on any atom is 0.222 e. The molecule has 0 aliphatic carbocycles. The van der Waals surface area contributed by atoms with Crippen LogP contribution in [0, 0.1) is 0 Å².